The van der Waals surface area contributed by atoms with Crippen molar-refractivity contribution < 1.29 is 25.0 Å². The van der Waals surface area contributed by atoms with Gasteiger partial charge in [-0.05, 0) is 101 Å². The molecule has 218 valence electrons. The van der Waals surface area contributed by atoms with Crippen LogP contribution in [-0.4, -0.2) is 0 Å². The lowest BCUT2D eigenvalue weighted by molar-refractivity contribution is 0.669. The van der Waals surface area contributed by atoms with Crippen LogP contribution >= 0.6 is 0 Å². The summed E-state index contributed by atoms with van der Waals surface area (Å²) < 4.78 is 142. The maximum atomic E-state index is 9.60. The van der Waals surface area contributed by atoms with Gasteiger partial charge in [-0.3, -0.25) is 0 Å². The van der Waals surface area contributed by atoms with Crippen LogP contribution in [0, 0.1) is 0 Å². The Morgan fingerprint density at radius 2 is 1.02 bits per heavy atom. The van der Waals surface area contributed by atoms with E-state index >= 15 is 0 Å². The van der Waals surface area contributed by atoms with Gasteiger partial charge in [0, 0.05) is 10.8 Å². The summed E-state index contributed by atoms with van der Waals surface area (Å²) in [6, 6.07) is 14.2. The summed E-state index contributed by atoms with van der Waals surface area (Å²) in [6.07, 6.45) is 0. The Morgan fingerprint density at radius 1 is 0.383 bits per heavy atom. The van der Waals surface area contributed by atoms with Gasteiger partial charge in [0.15, 0.2) is 0 Å². The minimum atomic E-state index is -0.640. The summed E-state index contributed by atoms with van der Waals surface area (Å²) in [5.74, 6) is 0. The molecule has 0 unspecified atom stereocenters. The fraction of sp³-hybridized carbons (Fsp3) is 0. The van der Waals surface area contributed by atoms with Gasteiger partial charge in [-0.1, -0.05) is 145 Å². The van der Waals surface area contributed by atoms with Crippen LogP contribution in [-0.2, 0) is 0 Å². The summed E-state index contributed by atoms with van der Waals surface area (Å²) in [7, 11) is 0. The molecule has 0 N–H and O–H groups in total. The van der Waals surface area contributed by atoms with Gasteiger partial charge in [0.05, 0.1) is 20.6 Å². The molecular weight excluding hydrogens is 569 g/mol. The number of furan rings is 1. The smallest absolute Gasteiger partial charge is 0.135 e. The predicted octanol–water partition coefficient (Wildman–Crippen LogP) is 13.2. The first-order valence-corrected chi connectivity index (χ1v) is 15.0. The van der Waals surface area contributed by atoms with Crippen molar-refractivity contribution in [3.05, 3.63) is 169 Å². The quantitative estimate of drug-likeness (QED) is 0.181. The third-order valence-corrected chi connectivity index (χ3v) is 8.74. The first kappa shape index (κ1) is 15.4. The highest BCUT2D eigenvalue weighted by atomic mass is 16.3. The molecular formula is C46H28O. The second kappa shape index (κ2) is 10.2. The van der Waals surface area contributed by atoms with Crippen molar-refractivity contribution in [2.75, 3.05) is 0 Å². The van der Waals surface area contributed by atoms with Gasteiger partial charge in [-0.15, -0.1) is 0 Å². The van der Waals surface area contributed by atoms with Crippen LogP contribution in [0.3, 0.4) is 0 Å². The van der Waals surface area contributed by atoms with Crippen molar-refractivity contribution in [2.45, 2.75) is 0 Å². The second-order valence-corrected chi connectivity index (χ2v) is 11.3. The molecule has 0 saturated heterocycles. The molecule has 0 aliphatic carbocycles. The molecule has 1 heterocycles. The Morgan fingerprint density at radius 3 is 1.81 bits per heavy atom. The van der Waals surface area contributed by atoms with Gasteiger partial charge in [0.2, 0.25) is 0 Å². The summed E-state index contributed by atoms with van der Waals surface area (Å²) in [4.78, 5) is 0. The highest BCUT2D eigenvalue weighted by molar-refractivity contribution is 6.25. The number of hydrogen-bond donors (Lipinski definition) is 0. The van der Waals surface area contributed by atoms with Gasteiger partial charge in [0.25, 0.3) is 0 Å². The molecule has 0 amide bonds. The monoisotopic (exact) mass is 611 g/mol. The van der Waals surface area contributed by atoms with E-state index in [2.05, 4.69) is 0 Å². The van der Waals surface area contributed by atoms with Crippen LogP contribution in [0.15, 0.2) is 174 Å². The summed E-state index contributed by atoms with van der Waals surface area (Å²) >= 11 is 0. The lowest BCUT2D eigenvalue weighted by Crippen LogP contribution is -1.94. The fourth-order valence-corrected chi connectivity index (χ4v) is 6.71. The average molecular weight is 612 g/mol. The zero-order chi connectivity index (χ0) is 44.0. The van der Waals surface area contributed by atoms with E-state index in [1.54, 1.807) is 54.6 Å². The lowest BCUT2D eigenvalue weighted by atomic mass is 9.81. The van der Waals surface area contributed by atoms with E-state index in [9.17, 15) is 8.22 Å². The van der Waals surface area contributed by atoms with Crippen LogP contribution < -0.4 is 0 Å². The van der Waals surface area contributed by atoms with Crippen LogP contribution in [0.5, 0.6) is 0 Å². The topological polar surface area (TPSA) is 13.1 Å². The van der Waals surface area contributed by atoms with Gasteiger partial charge < -0.3 is 4.42 Å². The van der Waals surface area contributed by atoms with E-state index < -0.39 is 90.6 Å². The second-order valence-electron chi connectivity index (χ2n) is 11.3. The molecule has 1 heteroatoms. The number of rotatable bonds is 3. The van der Waals surface area contributed by atoms with Crippen LogP contribution in [0.4, 0.5) is 0 Å². The minimum Gasteiger partial charge on any atom is -0.456 e. The van der Waals surface area contributed by atoms with Gasteiger partial charge in [-0.25, -0.2) is 0 Å². The zero-order valence-electron chi connectivity index (χ0n) is 39.4. The number of para-hydroxylation sites is 1. The molecule has 0 saturated carbocycles. The Hall–Kier alpha value is -6.18. The van der Waals surface area contributed by atoms with Crippen molar-refractivity contribution in [2.24, 2.45) is 0 Å². The Balaban J connectivity index is 1.50. The maximum absolute atomic E-state index is 9.60. The first-order chi connectivity index (χ1) is 29.6. The van der Waals surface area contributed by atoms with E-state index in [4.69, 9.17) is 16.8 Å². The van der Waals surface area contributed by atoms with Gasteiger partial charge >= 0.3 is 0 Å². The van der Waals surface area contributed by atoms with Crippen LogP contribution in [0.2, 0.25) is 0 Å². The number of benzene rings is 9. The lowest BCUT2D eigenvalue weighted by Gasteiger charge is -2.21. The molecule has 0 bridgehead atoms. The SMILES string of the molecule is [2H]c1c([2H])c([2H])c2c([2H])c(-c3ccc4ccccc4c3-c3c4c([2H])c([2H])c([2H])c([2H])c4c(-c4ccc5oc6ccccc6c5c4)c4c([2H])c([2H])c([2H])c([2H])c34)c([2H])c([2H])c2c1[2H]. The Kier molecular flexibility index (Phi) is 3.33. The molecule has 0 spiro atoms. The molecule has 10 aromatic rings. The normalized spacial score (nSPS) is 16.3. The highest BCUT2D eigenvalue weighted by Gasteiger charge is 2.21. The van der Waals surface area contributed by atoms with Gasteiger partial charge in [0.1, 0.15) is 11.2 Å². The molecule has 0 radical (unpaired) electrons. The highest BCUT2D eigenvalue weighted by Crippen LogP contribution is 2.49. The molecule has 0 atom stereocenters. The van der Waals surface area contributed by atoms with E-state index in [1.165, 1.54) is 0 Å². The van der Waals surface area contributed by atoms with Crippen molar-refractivity contribution in [1.29, 1.82) is 0 Å². The maximum Gasteiger partial charge on any atom is 0.135 e. The first-order valence-electron chi connectivity index (χ1n) is 22.5. The van der Waals surface area contributed by atoms with E-state index in [0.717, 1.165) is 5.39 Å². The number of fused-ring (bicyclic) bond motifs is 7. The van der Waals surface area contributed by atoms with Crippen molar-refractivity contribution in [1.82, 2.24) is 0 Å². The molecule has 10 rings (SSSR count). The van der Waals surface area contributed by atoms with Crippen LogP contribution in [0.1, 0.15) is 20.6 Å². The van der Waals surface area contributed by atoms with Gasteiger partial charge in [-0.2, -0.15) is 0 Å². The number of hydrogen-bond acceptors (Lipinski definition) is 1. The van der Waals surface area contributed by atoms with Crippen molar-refractivity contribution >= 4 is 65.0 Å². The molecule has 0 aliphatic heterocycles. The third kappa shape index (κ3) is 3.97. The molecule has 0 fully saturated rings. The molecule has 1 nitrogen and oxygen atoms in total. The van der Waals surface area contributed by atoms with Crippen molar-refractivity contribution in [3.63, 3.8) is 0 Å². The standard InChI is InChI=1S/C46H28O/c1-2-13-31-27-32(22-21-29(31)11-1)35-25-23-30-12-3-4-14-34(30)45(35)46-39-18-7-5-16-37(39)44(38-17-6-8-19-40(38)46)33-24-26-43-41(28-33)36-15-9-10-20-42(36)47-43/h1-28H/i1D,2D,5D,6D,7D,8D,11D,13D,16D,17D,18D,19D,21D,22D,27D. The summed E-state index contributed by atoms with van der Waals surface area (Å²) in [6.45, 7) is 0. The van der Waals surface area contributed by atoms with E-state index in [-0.39, 0.29) is 60.1 Å². The summed E-state index contributed by atoms with van der Waals surface area (Å²) in [5.41, 5.74) is 1.53. The molecule has 9 aromatic carbocycles. The van der Waals surface area contributed by atoms with E-state index in [1.807, 2.05) is 24.3 Å². The zero-order valence-corrected chi connectivity index (χ0v) is 24.4. The Bertz CT molecular complexity index is 3620. The fourth-order valence-electron chi connectivity index (χ4n) is 6.71. The third-order valence-electron chi connectivity index (χ3n) is 8.74. The van der Waals surface area contributed by atoms with E-state index in [0.29, 0.717) is 32.9 Å². The summed E-state index contributed by atoms with van der Waals surface area (Å²) in [5, 5.41) is 1.47. The largest absolute Gasteiger partial charge is 0.456 e. The van der Waals surface area contributed by atoms with Crippen LogP contribution in [0.25, 0.3) is 98.4 Å². The molecule has 0 aliphatic rings. The minimum absolute atomic E-state index is 0.0419. The predicted molar refractivity (Wildman–Crippen MR) is 200 cm³/mol. The molecule has 47 heavy (non-hydrogen) atoms. The average Bonchev–Trinajstić information content (AvgIpc) is 3.65. The molecule has 1 aromatic heterocycles. The van der Waals surface area contributed by atoms with Crippen molar-refractivity contribution in [3.8, 4) is 33.4 Å². The Labute approximate surface area is 293 Å².